The zero-order valence-electron chi connectivity index (χ0n) is 20.2. The fourth-order valence-corrected chi connectivity index (χ4v) is 5.90. The summed E-state index contributed by atoms with van der Waals surface area (Å²) in [5.41, 5.74) is 3.02. The molecule has 1 amide bonds. The number of methoxy groups -OCH3 is 1. The SMILES string of the molecule is COc1ccccc1-c1ccc2n(c1=O)C[C@@H]1[C@@H](CO)[C@H](C(=O)N[C@H](C)c3ccccc3)[C@H]2N1C. The van der Waals surface area contributed by atoms with Crippen LogP contribution in [0, 0.1) is 11.8 Å². The molecule has 2 aliphatic rings. The largest absolute Gasteiger partial charge is 0.496 e. The van der Waals surface area contributed by atoms with Gasteiger partial charge in [-0.1, -0.05) is 48.5 Å². The van der Waals surface area contributed by atoms with E-state index in [9.17, 15) is 14.7 Å². The number of para-hydroxylation sites is 1. The van der Waals surface area contributed by atoms with Crippen LogP contribution in [0.15, 0.2) is 71.5 Å². The van der Waals surface area contributed by atoms with Gasteiger partial charge in [0.25, 0.3) is 5.56 Å². The second kappa shape index (κ2) is 9.32. The van der Waals surface area contributed by atoms with Crippen molar-refractivity contribution < 1.29 is 14.6 Å². The standard InChI is InChI=1S/C28H31N3O4/c1-17(18-9-5-4-6-10-18)29-27(33)25-21(16-32)23-15-31-22(26(25)30(23)2)14-13-20(28(31)34)19-11-7-8-12-24(19)35-3/h4-14,17,21,23,25-26,32H,15-16H2,1-3H3,(H,29,33)/t17-,21-,23-,25+,26+/m1/s1. The number of aromatic nitrogens is 1. The number of ether oxygens (including phenoxy) is 1. The normalized spacial score (nSPS) is 24.0. The molecule has 0 unspecified atom stereocenters. The lowest BCUT2D eigenvalue weighted by Gasteiger charge is -2.35. The average Bonchev–Trinajstić information content (AvgIpc) is 3.06. The quantitative estimate of drug-likeness (QED) is 0.575. The Morgan fingerprint density at radius 2 is 1.80 bits per heavy atom. The van der Waals surface area contributed by atoms with Gasteiger partial charge in [0.15, 0.2) is 0 Å². The number of carbonyl (C=O) groups is 1. The molecule has 35 heavy (non-hydrogen) atoms. The Morgan fingerprint density at radius 1 is 1.09 bits per heavy atom. The van der Waals surface area contributed by atoms with Gasteiger partial charge >= 0.3 is 0 Å². The van der Waals surface area contributed by atoms with Gasteiger partial charge in [-0.3, -0.25) is 14.5 Å². The lowest BCUT2D eigenvalue weighted by molar-refractivity contribution is -0.128. The molecule has 2 bridgehead atoms. The number of aliphatic hydroxyl groups is 1. The van der Waals surface area contributed by atoms with Gasteiger partial charge in [0, 0.05) is 36.4 Å². The summed E-state index contributed by atoms with van der Waals surface area (Å²) in [6, 6.07) is 20.5. The van der Waals surface area contributed by atoms with Crippen LogP contribution in [0.4, 0.5) is 0 Å². The highest BCUT2D eigenvalue weighted by Gasteiger charge is 2.54. The van der Waals surface area contributed by atoms with Gasteiger partial charge in [0.2, 0.25) is 5.91 Å². The maximum Gasteiger partial charge on any atom is 0.258 e. The number of rotatable bonds is 6. The number of likely N-dealkylation sites (N-methyl/N-ethyl adjacent to an activating group) is 1. The molecule has 3 aromatic rings. The first-order chi connectivity index (χ1) is 17.0. The molecule has 2 N–H and O–H groups in total. The fourth-order valence-electron chi connectivity index (χ4n) is 5.90. The zero-order valence-corrected chi connectivity index (χ0v) is 20.2. The number of aliphatic hydroxyl groups excluding tert-OH is 1. The summed E-state index contributed by atoms with van der Waals surface area (Å²) in [5.74, 6) is -0.204. The van der Waals surface area contributed by atoms with Crippen molar-refractivity contribution in [3.63, 3.8) is 0 Å². The van der Waals surface area contributed by atoms with Gasteiger partial charge in [0.05, 0.1) is 30.7 Å². The number of benzene rings is 2. The first-order valence-corrected chi connectivity index (χ1v) is 12.0. The van der Waals surface area contributed by atoms with Crippen molar-refractivity contribution in [2.24, 2.45) is 11.8 Å². The van der Waals surface area contributed by atoms with Crippen LogP contribution >= 0.6 is 0 Å². The third kappa shape index (κ3) is 3.85. The summed E-state index contributed by atoms with van der Waals surface area (Å²) in [6.07, 6.45) is 0. The summed E-state index contributed by atoms with van der Waals surface area (Å²) >= 11 is 0. The van der Waals surface area contributed by atoms with E-state index in [0.29, 0.717) is 17.9 Å². The van der Waals surface area contributed by atoms with E-state index in [-0.39, 0.29) is 42.1 Å². The van der Waals surface area contributed by atoms with E-state index in [1.54, 1.807) is 11.7 Å². The van der Waals surface area contributed by atoms with Gasteiger partial charge in [-0.2, -0.15) is 0 Å². The number of amides is 1. The number of nitrogens with zero attached hydrogens (tertiary/aromatic N) is 2. The van der Waals surface area contributed by atoms with Crippen molar-refractivity contribution in [1.29, 1.82) is 0 Å². The van der Waals surface area contributed by atoms with Crippen LogP contribution in [0.25, 0.3) is 11.1 Å². The van der Waals surface area contributed by atoms with Crippen LogP contribution < -0.4 is 15.6 Å². The second-order valence-electron chi connectivity index (χ2n) is 9.48. The van der Waals surface area contributed by atoms with Crippen LogP contribution in [0.2, 0.25) is 0 Å². The molecule has 182 valence electrons. The van der Waals surface area contributed by atoms with E-state index in [0.717, 1.165) is 16.8 Å². The predicted molar refractivity (Wildman–Crippen MR) is 134 cm³/mol. The number of fused-ring (bicyclic) bond motifs is 4. The van der Waals surface area contributed by atoms with E-state index >= 15 is 0 Å². The fraction of sp³-hybridized carbons (Fsp3) is 0.357. The number of hydrogen-bond donors (Lipinski definition) is 2. The molecule has 0 spiro atoms. The molecule has 2 aromatic carbocycles. The van der Waals surface area contributed by atoms with Crippen LogP contribution in [-0.2, 0) is 11.3 Å². The van der Waals surface area contributed by atoms with E-state index in [4.69, 9.17) is 4.74 Å². The monoisotopic (exact) mass is 473 g/mol. The van der Waals surface area contributed by atoms with Gasteiger partial charge < -0.3 is 19.7 Å². The number of nitrogens with one attached hydrogen (secondary N) is 1. The Bertz CT molecular complexity index is 1290. The molecule has 0 aliphatic carbocycles. The van der Waals surface area contributed by atoms with Gasteiger partial charge in [-0.05, 0) is 37.7 Å². The molecule has 0 saturated carbocycles. The van der Waals surface area contributed by atoms with E-state index in [2.05, 4.69) is 10.2 Å². The van der Waals surface area contributed by atoms with Crippen LogP contribution in [0.3, 0.4) is 0 Å². The van der Waals surface area contributed by atoms with Gasteiger partial charge in [-0.15, -0.1) is 0 Å². The van der Waals surface area contributed by atoms with Gasteiger partial charge in [-0.25, -0.2) is 0 Å². The lowest BCUT2D eigenvalue weighted by atomic mass is 9.86. The minimum Gasteiger partial charge on any atom is -0.496 e. The predicted octanol–water partition coefficient (Wildman–Crippen LogP) is 2.99. The highest BCUT2D eigenvalue weighted by atomic mass is 16.5. The van der Waals surface area contributed by atoms with Crippen molar-refractivity contribution in [2.75, 3.05) is 20.8 Å². The topological polar surface area (TPSA) is 83.8 Å². The minimum atomic E-state index is -0.466. The highest BCUT2D eigenvalue weighted by molar-refractivity contribution is 5.81. The third-order valence-electron chi connectivity index (χ3n) is 7.71. The second-order valence-corrected chi connectivity index (χ2v) is 9.48. The molecule has 1 aromatic heterocycles. The maximum atomic E-state index is 13.7. The van der Waals surface area contributed by atoms with E-state index in [1.165, 1.54) is 0 Å². The molecule has 7 nitrogen and oxygen atoms in total. The summed E-state index contributed by atoms with van der Waals surface area (Å²) in [5, 5.41) is 13.5. The summed E-state index contributed by atoms with van der Waals surface area (Å²) < 4.78 is 7.27. The Balaban J connectivity index is 1.52. The van der Waals surface area contributed by atoms with Crippen LogP contribution in [0.5, 0.6) is 5.75 Å². The summed E-state index contributed by atoms with van der Waals surface area (Å²) in [6.45, 7) is 2.27. The first kappa shape index (κ1) is 23.3. The lowest BCUT2D eigenvalue weighted by Crippen LogP contribution is -2.44. The van der Waals surface area contributed by atoms with Gasteiger partial charge in [0.1, 0.15) is 5.75 Å². The molecular weight excluding hydrogens is 442 g/mol. The molecule has 5 atom stereocenters. The average molecular weight is 474 g/mol. The van der Waals surface area contributed by atoms with E-state index in [1.807, 2.05) is 80.7 Å². The molecule has 2 aliphatic heterocycles. The first-order valence-electron chi connectivity index (χ1n) is 12.0. The zero-order chi connectivity index (χ0) is 24.7. The van der Waals surface area contributed by atoms with Crippen molar-refractivity contribution in [1.82, 2.24) is 14.8 Å². The molecule has 1 saturated heterocycles. The Labute approximate surface area is 205 Å². The minimum absolute atomic E-state index is 0.102. The Hall–Kier alpha value is -3.42. The summed E-state index contributed by atoms with van der Waals surface area (Å²) in [7, 11) is 3.57. The van der Waals surface area contributed by atoms with Crippen molar-refractivity contribution >= 4 is 5.91 Å². The highest BCUT2D eigenvalue weighted by Crippen LogP contribution is 2.47. The number of hydrogen-bond acceptors (Lipinski definition) is 5. The maximum absolute atomic E-state index is 13.7. The molecule has 7 heteroatoms. The van der Waals surface area contributed by atoms with Crippen molar-refractivity contribution in [2.45, 2.75) is 31.6 Å². The van der Waals surface area contributed by atoms with Crippen LogP contribution in [-0.4, -0.2) is 47.3 Å². The Kier molecular flexibility index (Phi) is 6.21. The molecule has 1 fully saturated rings. The summed E-state index contributed by atoms with van der Waals surface area (Å²) in [4.78, 5) is 29.4. The Morgan fingerprint density at radius 3 is 2.51 bits per heavy atom. The number of carbonyl (C=O) groups excluding carboxylic acids is 1. The number of pyridine rings is 1. The van der Waals surface area contributed by atoms with Crippen molar-refractivity contribution in [3.8, 4) is 16.9 Å². The molecular formula is C28H31N3O4. The van der Waals surface area contributed by atoms with Crippen LogP contribution in [0.1, 0.15) is 30.3 Å². The van der Waals surface area contributed by atoms with Crippen molar-refractivity contribution in [3.05, 3.63) is 88.3 Å². The molecule has 0 radical (unpaired) electrons. The van der Waals surface area contributed by atoms with E-state index < -0.39 is 5.92 Å². The smallest absolute Gasteiger partial charge is 0.258 e. The molecule has 3 heterocycles. The molecule has 5 rings (SSSR count). The third-order valence-corrected chi connectivity index (χ3v) is 7.71.